The molecule has 0 saturated carbocycles. The number of dihydropyridines is 1. The van der Waals surface area contributed by atoms with E-state index in [1.165, 1.54) is 25.3 Å². The van der Waals surface area contributed by atoms with Crippen molar-refractivity contribution < 1.29 is 28.8 Å². The summed E-state index contributed by atoms with van der Waals surface area (Å²) in [7, 11) is 1.21. The molecule has 3 rings (SSSR count). The van der Waals surface area contributed by atoms with E-state index in [0.717, 1.165) is 0 Å². The normalized spacial score (nSPS) is 22.5. The zero-order chi connectivity index (χ0) is 24.4. The number of ether oxygens (including phenoxy) is 2. The molecular weight excluding hydrogens is 452 g/mol. The van der Waals surface area contributed by atoms with Crippen LogP contribution in [0.2, 0.25) is 5.02 Å². The first-order valence-electron chi connectivity index (χ1n) is 10.6. The topological polar surface area (TPSA) is 125 Å². The lowest BCUT2D eigenvalue weighted by molar-refractivity contribution is -0.384. The van der Waals surface area contributed by atoms with Crippen LogP contribution in [-0.4, -0.2) is 36.4 Å². The number of carbonyl (C=O) groups is 3. The van der Waals surface area contributed by atoms with Gasteiger partial charge in [-0.15, -0.1) is 0 Å². The van der Waals surface area contributed by atoms with Gasteiger partial charge in [-0.25, -0.2) is 4.79 Å². The Morgan fingerprint density at radius 1 is 1.33 bits per heavy atom. The van der Waals surface area contributed by atoms with Crippen LogP contribution in [0.5, 0.6) is 0 Å². The van der Waals surface area contributed by atoms with E-state index in [4.69, 9.17) is 21.1 Å². The van der Waals surface area contributed by atoms with Crippen LogP contribution in [0.25, 0.3) is 0 Å². The van der Waals surface area contributed by atoms with Crippen molar-refractivity contribution in [1.82, 2.24) is 5.32 Å². The molecule has 33 heavy (non-hydrogen) atoms. The molecule has 2 aliphatic rings. The minimum atomic E-state index is -1.05. The number of hydrogen-bond acceptors (Lipinski definition) is 8. The first-order valence-corrected chi connectivity index (χ1v) is 10.9. The van der Waals surface area contributed by atoms with E-state index in [9.17, 15) is 24.5 Å². The van der Waals surface area contributed by atoms with E-state index in [1.54, 1.807) is 13.8 Å². The fourth-order valence-electron chi connectivity index (χ4n) is 4.41. The van der Waals surface area contributed by atoms with Crippen molar-refractivity contribution in [3.05, 3.63) is 61.4 Å². The summed E-state index contributed by atoms with van der Waals surface area (Å²) >= 11 is 6.00. The number of Topliss-reactive ketones (excluding diaryl/α,β-unsaturated/α-hetero) is 1. The van der Waals surface area contributed by atoms with Crippen molar-refractivity contribution in [3.63, 3.8) is 0 Å². The lowest BCUT2D eigenvalue weighted by Gasteiger charge is -2.38. The van der Waals surface area contributed by atoms with Crippen molar-refractivity contribution in [2.24, 2.45) is 11.8 Å². The molecule has 0 aromatic heterocycles. The minimum absolute atomic E-state index is 0.0706. The Morgan fingerprint density at radius 2 is 2.03 bits per heavy atom. The summed E-state index contributed by atoms with van der Waals surface area (Å²) < 4.78 is 10.2. The fourth-order valence-corrected chi connectivity index (χ4v) is 4.59. The molecule has 176 valence electrons. The maximum absolute atomic E-state index is 13.6. The third-order valence-electron chi connectivity index (χ3n) is 5.90. The Kier molecular flexibility index (Phi) is 7.22. The maximum Gasteiger partial charge on any atom is 0.336 e. The number of hydrogen-bond donors (Lipinski definition) is 1. The Labute approximate surface area is 195 Å². The molecule has 1 aromatic carbocycles. The number of rotatable bonds is 6. The van der Waals surface area contributed by atoms with Crippen molar-refractivity contribution in [2.45, 2.75) is 39.5 Å². The number of nitrogens with one attached hydrogen (secondary N) is 1. The third kappa shape index (κ3) is 4.50. The highest BCUT2D eigenvalue weighted by molar-refractivity contribution is 6.32. The Bertz CT molecular complexity index is 1090. The molecule has 1 aromatic rings. The summed E-state index contributed by atoms with van der Waals surface area (Å²) in [6, 6.07) is 4.14. The molecule has 0 spiro atoms. The highest BCUT2D eigenvalue weighted by Crippen LogP contribution is 2.46. The number of halogens is 1. The van der Waals surface area contributed by atoms with Gasteiger partial charge in [-0.05, 0) is 37.3 Å². The lowest BCUT2D eigenvalue weighted by Crippen LogP contribution is -2.43. The monoisotopic (exact) mass is 476 g/mol. The van der Waals surface area contributed by atoms with Crippen LogP contribution < -0.4 is 5.32 Å². The Hall–Kier alpha value is -3.20. The molecule has 10 heteroatoms. The molecule has 1 heterocycles. The molecular formula is C23H25ClN2O7. The Balaban J connectivity index is 2.23. The van der Waals surface area contributed by atoms with E-state index in [1.807, 2.05) is 6.92 Å². The van der Waals surface area contributed by atoms with Gasteiger partial charge in [-0.3, -0.25) is 19.7 Å². The second-order valence-corrected chi connectivity index (χ2v) is 8.55. The first-order chi connectivity index (χ1) is 15.6. The number of methoxy groups -OCH3 is 1. The van der Waals surface area contributed by atoms with Gasteiger partial charge in [0.25, 0.3) is 5.69 Å². The molecule has 9 nitrogen and oxygen atoms in total. The molecule has 0 amide bonds. The summed E-state index contributed by atoms with van der Waals surface area (Å²) in [5.74, 6) is -4.14. The van der Waals surface area contributed by atoms with Crippen LogP contribution in [-0.2, 0) is 23.9 Å². The van der Waals surface area contributed by atoms with Crippen LogP contribution in [0.4, 0.5) is 5.69 Å². The van der Waals surface area contributed by atoms with Gasteiger partial charge in [0, 0.05) is 29.0 Å². The zero-order valence-corrected chi connectivity index (χ0v) is 19.5. The smallest absolute Gasteiger partial charge is 0.336 e. The Morgan fingerprint density at radius 3 is 2.64 bits per heavy atom. The molecule has 1 aliphatic carbocycles. The van der Waals surface area contributed by atoms with Crippen molar-refractivity contribution in [2.75, 3.05) is 13.7 Å². The summed E-state index contributed by atoms with van der Waals surface area (Å²) in [5, 5.41) is 14.6. The van der Waals surface area contributed by atoms with Crippen molar-refractivity contribution >= 4 is 35.0 Å². The third-order valence-corrected chi connectivity index (χ3v) is 6.22. The van der Waals surface area contributed by atoms with E-state index in [0.29, 0.717) is 29.8 Å². The number of ketones is 1. The predicted octanol–water partition coefficient (Wildman–Crippen LogP) is 3.81. The molecule has 0 fully saturated rings. The summed E-state index contributed by atoms with van der Waals surface area (Å²) in [5.41, 5.74) is 1.39. The van der Waals surface area contributed by atoms with Gasteiger partial charge in [0.05, 0.1) is 24.2 Å². The molecule has 0 bridgehead atoms. The predicted molar refractivity (Wildman–Crippen MR) is 119 cm³/mol. The SMILES string of the molecule is CCCOC(=O)C1=C(C)NC2=C(C(=O)[C@@H](C(=O)OC)[C@@H](C)C2)[C@@H]1c1ccc(Cl)c([N+](=O)[O-])c1. The highest BCUT2D eigenvalue weighted by Gasteiger charge is 2.47. The van der Waals surface area contributed by atoms with Crippen LogP contribution in [0.3, 0.4) is 0 Å². The van der Waals surface area contributed by atoms with Gasteiger partial charge in [-0.1, -0.05) is 31.5 Å². The second kappa shape index (κ2) is 9.74. The van der Waals surface area contributed by atoms with E-state index in [2.05, 4.69) is 5.32 Å². The zero-order valence-electron chi connectivity index (χ0n) is 18.8. The number of esters is 2. The number of nitro groups is 1. The molecule has 1 N–H and O–H groups in total. The summed E-state index contributed by atoms with van der Waals surface area (Å²) in [6.07, 6.45) is 0.957. The lowest BCUT2D eigenvalue weighted by atomic mass is 9.69. The number of benzene rings is 1. The maximum atomic E-state index is 13.6. The van der Waals surface area contributed by atoms with Gasteiger partial charge in [0.15, 0.2) is 5.78 Å². The first kappa shape index (κ1) is 24.4. The van der Waals surface area contributed by atoms with Gasteiger partial charge < -0.3 is 14.8 Å². The van der Waals surface area contributed by atoms with Gasteiger partial charge >= 0.3 is 11.9 Å². The van der Waals surface area contributed by atoms with Gasteiger partial charge in [0.2, 0.25) is 0 Å². The van der Waals surface area contributed by atoms with Gasteiger partial charge in [-0.2, -0.15) is 0 Å². The van der Waals surface area contributed by atoms with E-state index < -0.39 is 34.5 Å². The molecule has 1 aliphatic heterocycles. The van der Waals surface area contributed by atoms with Crippen molar-refractivity contribution in [1.29, 1.82) is 0 Å². The molecule has 3 atom stereocenters. The fraction of sp³-hybridized carbons (Fsp3) is 0.435. The standard InChI is InChI=1S/C23H25ClN2O7/c1-5-8-33-23(29)18-12(3)25-15-9-11(2)17(22(28)32-4)21(27)20(15)19(18)13-6-7-14(24)16(10-13)26(30)31/h6-7,10-11,17,19,25H,5,8-9H2,1-4H3/t11-,17-,19+/m0/s1. The van der Waals surface area contributed by atoms with Crippen LogP contribution in [0, 0.1) is 22.0 Å². The minimum Gasteiger partial charge on any atom is -0.468 e. The number of nitrogens with zero attached hydrogens (tertiary/aromatic N) is 1. The number of nitro benzene ring substituents is 1. The number of allylic oxidation sites excluding steroid dienone is 3. The van der Waals surface area contributed by atoms with E-state index in [-0.39, 0.29) is 34.4 Å². The van der Waals surface area contributed by atoms with Gasteiger partial charge in [0.1, 0.15) is 10.9 Å². The second-order valence-electron chi connectivity index (χ2n) is 8.14. The average molecular weight is 477 g/mol. The summed E-state index contributed by atoms with van der Waals surface area (Å²) in [4.78, 5) is 49.9. The van der Waals surface area contributed by atoms with E-state index >= 15 is 0 Å². The largest absolute Gasteiger partial charge is 0.468 e. The van der Waals surface area contributed by atoms with Crippen LogP contribution in [0.1, 0.15) is 45.1 Å². The van der Waals surface area contributed by atoms with Crippen LogP contribution in [0.15, 0.2) is 40.7 Å². The molecule has 0 saturated heterocycles. The number of carbonyl (C=O) groups excluding carboxylic acids is 3. The average Bonchev–Trinajstić information content (AvgIpc) is 2.76. The van der Waals surface area contributed by atoms with Crippen LogP contribution >= 0.6 is 11.6 Å². The summed E-state index contributed by atoms with van der Waals surface area (Å²) in [6.45, 7) is 5.48. The molecule has 0 unspecified atom stereocenters. The quantitative estimate of drug-likeness (QED) is 0.284. The molecule has 0 radical (unpaired) electrons. The highest BCUT2D eigenvalue weighted by atomic mass is 35.5. The van der Waals surface area contributed by atoms with Crippen molar-refractivity contribution in [3.8, 4) is 0 Å².